The van der Waals surface area contributed by atoms with Gasteiger partial charge in [0, 0.05) is 54.9 Å². The summed E-state index contributed by atoms with van der Waals surface area (Å²) in [6.45, 7) is 3.33. The summed E-state index contributed by atoms with van der Waals surface area (Å²) in [4.78, 5) is 29.7. The number of amides is 1. The predicted molar refractivity (Wildman–Crippen MR) is 141 cm³/mol. The van der Waals surface area contributed by atoms with Gasteiger partial charge >= 0.3 is 6.18 Å². The molecule has 6 rings (SSSR count). The van der Waals surface area contributed by atoms with Gasteiger partial charge in [0.1, 0.15) is 23.0 Å². The van der Waals surface area contributed by atoms with Crippen molar-refractivity contribution < 1.29 is 18.0 Å². The molecular formula is C27H22F3N9O. The Morgan fingerprint density at radius 1 is 1.10 bits per heavy atom. The highest BCUT2D eigenvalue weighted by Crippen LogP contribution is 2.39. The molecule has 1 aromatic carbocycles. The number of hydrogen-bond acceptors (Lipinski definition) is 7. The number of nitrogens with zero attached hydrogens (tertiary/aromatic N) is 7. The maximum atomic E-state index is 13.1. The van der Waals surface area contributed by atoms with E-state index in [-0.39, 0.29) is 5.56 Å². The van der Waals surface area contributed by atoms with Crippen LogP contribution >= 0.6 is 0 Å². The van der Waals surface area contributed by atoms with Crippen LogP contribution in [0.1, 0.15) is 21.6 Å². The molecule has 2 aromatic heterocycles. The Kier molecular flexibility index (Phi) is 6.05. The molecular weight excluding hydrogens is 523 g/mol. The SMILES string of the molecule is Cc1ccc(NC(=O)c2ccnc(C(F)(F)F)c2)cc1-c1cc2cnc(=Nc3cnn(C)c3)nc-2n2c1NCC2. The van der Waals surface area contributed by atoms with Crippen LogP contribution in [0.4, 0.5) is 30.4 Å². The lowest BCUT2D eigenvalue weighted by Crippen LogP contribution is -2.17. The molecule has 2 N–H and O–H groups in total. The number of aromatic nitrogens is 6. The maximum Gasteiger partial charge on any atom is 0.433 e. The van der Waals surface area contributed by atoms with Gasteiger partial charge in [-0.15, -0.1) is 0 Å². The zero-order chi connectivity index (χ0) is 28.0. The second-order valence-corrected chi connectivity index (χ2v) is 9.33. The fourth-order valence-electron chi connectivity index (χ4n) is 4.62. The van der Waals surface area contributed by atoms with Crippen molar-refractivity contribution in [1.82, 2.24) is 29.3 Å². The lowest BCUT2D eigenvalue weighted by Gasteiger charge is -2.19. The number of anilines is 2. The van der Waals surface area contributed by atoms with Crippen LogP contribution in [-0.2, 0) is 19.8 Å². The Bertz CT molecular complexity index is 1810. The van der Waals surface area contributed by atoms with Gasteiger partial charge in [-0.1, -0.05) is 6.07 Å². The lowest BCUT2D eigenvalue weighted by atomic mass is 9.98. The third kappa shape index (κ3) is 4.77. The Hall–Kier alpha value is -5.07. The summed E-state index contributed by atoms with van der Waals surface area (Å²) in [5, 5.41) is 10.2. The minimum absolute atomic E-state index is 0.141. The van der Waals surface area contributed by atoms with Gasteiger partial charge in [-0.2, -0.15) is 23.3 Å². The van der Waals surface area contributed by atoms with Crippen LogP contribution in [0.3, 0.4) is 0 Å². The van der Waals surface area contributed by atoms with Gasteiger partial charge in [0.25, 0.3) is 11.5 Å². The summed E-state index contributed by atoms with van der Waals surface area (Å²) in [6.07, 6.45) is 1.45. The first-order valence-corrected chi connectivity index (χ1v) is 12.3. The molecule has 5 heterocycles. The van der Waals surface area contributed by atoms with E-state index in [1.54, 1.807) is 42.5 Å². The lowest BCUT2D eigenvalue weighted by molar-refractivity contribution is -0.141. The molecule has 0 atom stereocenters. The topological polar surface area (TPSA) is 115 Å². The average Bonchev–Trinajstić information content (AvgIpc) is 3.58. The molecule has 13 heteroatoms. The van der Waals surface area contributed by atoms with E-state index < -0.39 is 17.8 Å². The van der Waals surface area contributed by atoms with E-state index in [9.17, 15) is 18.0 Å². The third-order valence-electron chi connectivity index (χ3n) is 6.51. The number of aryl methyl sites for hydroxylation is 2. The van der Waals surface area contributed by atoms with Crippen LogP contribution in [-0.4, -0.2) is 41.8 Å². The van der Waals surface area contributed by atoms with Gasteiger partial charge in [-0.05, 0) is 48.4 Å². The summed E-state index contributed by atoms with van der Waals surface area (Å²) in [5.41, 5.74) is 3.61. The summed E-state index contributed by atoms with van der Waals surface area (Å²) in [5.74, 6) is 0.910. The molecule has 0 saturated heterocycles. The number of nitrogens with one attached hydrogen (secondary N) is 2. The highest BCUT2D eigenvalue weighted by molar-refractivity contribution is 6.04. The minimum atomic E-state index is -4.65. The molecule has 0 fully saturated rings. The van der Waals surface area contributed by atoms with Crippen molar-refractivity contribution in [3.8, 4) is 22.5 Å². The van der Waals surface area contributed by atoms with E-state index in [2.05, 4.69) is 40.2 Å². The number of pyridine rings is 2. The van der Waals surface area contributed by atoms with E-state index >= 15 is 0 Å². The van der Waals surface area contributed by atoms with Crippen molar-refractivity contribution in [2.75, 3.05) is 17.2 Å². The van der Waals surface area contributed by atoms with Gasteiger partial charge in [-0.25, -0.2) is 9.98 Å². The van der Waals surface area contributed by atoms with E-state index in [1.165, 1.54) is 6.07 Å². The number of hydrogen-bond donors (Lipinski definition) is 2. The normalized spacial score (nSPS) is 13.4. The number of halogens is 3. The molecule has 3 aliphatic rings. The molecule has 0 radical (unpaired) electrons. The number of alkyl halides is 3. The standard InChI is InChI=1S/C27H22F3N9O/c1-15-3-4-18(35-25(40)16-5-6-31-22(10-16)27(28,29)30)11-20(15)21-9-17-12-33-26(36-19-13-34-38(2)14-19)37-23(17)39-8-7-32-24(21)39/h3-6,9-14,32H,7-8H2,1-2H3,(H,35,40). The van der Waals surface area contributed by atoms with Crippen LogP contribution < -0.4 is 16.3 Å². The molecule has 0 aliphatic carbocycles. The van der Waals surface area contributed by atoms with Gasteiger partial charge < -0.3 is 15.2 Å². The molecule has 3 aliphatic heterocycles. The monoisotopic (exact) mass is 545 g/mol. The van der Waals surface area contributed by atoms with Gasteiger partial charge in [0.05, 0.1) is 12.4 Å². The number of carbonyl (C=O) groups excluding carboxylic acids is 1. The zero-order valence-corrected chi connectivity index (χ0v) is 21.4. The van der Waals surface area contributed by atoms with Crippen molar-refractivity contribution in [3.63, 3.8) is 0 Å². The number of benzene rings is 1. The Morgan fingerprint density at radius 3 is 2.73 bits per heavy atom. The number of fused-ring (bicyclic) bond motifs is 3. The fraction of sp³-hybridized carbons (Fsp3) is 0.185. The van der Waals surface area contributed by atoms with Crippen molar-refractivity contribution in [2.24, 2.45) is 12.0 Å². The first kappa shape index (κ1) is 25.2. The van der Waals surface area contributed by atoms with E-state index in [0.29, 0.717) is 30.1 Å². The molecule has 0 saturated carbocycles. The minimum Gasteiger partial charge on any atom is -0.369 e. The van der Waals surface area contributed by atoms with Crippen LogP contribution in [0.5, 0.6) is 0 Å². The molecule has 10 nitrogen and oxygen atoms in total. The molecule has 40 heavy (non-hydrogen) atoms. The quantitative estimate of drug-likeness (QED) is 0.346. The number of rotatable bonds is 4. The second kappa shape index (κ2) is 9.59. The van der Waals surface area contributed by atoms with E-state index in [1.807, 2.05) is 19.1 Å². The first-order chi connectivity index (χ1) is 19.2. The van der Waals surface area contributed by atoms with Crippen molar-refractivity contribution in [1.29, 1.82) is 0 Å². The van der Waals surface area contributed by atoms with Crippen molar-refractivity contribution in [3.05, 3.63) is 83.6 Å². The molecule has 0 unspecified atom stereocenters. The van der Waals surface area contributed by atoms with Crippen molar-refractivity contribution >= 4 is 23.1 Å². The maximum absolute atomic E-state index is 13.1. The van der Waals surface area contributed by atoms with Gasteiger partial charge in [-0.3, -0.25) is 14.5 Å². The third-order valence-corrected chi connectivity index (χ3v) is 6.51. The summed E-state index contributed by atoms with van der Waals surface area (Å²) in [6, 6.07) is 9.30. The molecule has 1 amide bonds. The van der Waals surface area contributed by atoms with Gasteiger partial charge in [0.15, 0.2) is 0 Å². The number of carbonyl (C=O) groups is 1. The fourth-order valence-corrected chi connectivity index (χ4v) is 4.62. The molecule has 0 spiro atoms. The summed E-state index contributed by atoms with van der Waals surface area (Å²) < 4.78 is 42.9. The summed E-state index contributed by atoms with van der Waals surface area (Å²) in [7, 11) is 1.81. The zero-order valence-electron chi connectivity index (χ0n) is 21.4. The van der Waals surface area contributed by atoms with Crippen LogP contribution in [0.15, 0.2) is 66.2 Å². The van der Waals surface area contributed by atoms with Gasteiger partial charge in [0.2, 0.25) is 0 Å². The molecule has 0 bridgehead atoms. The Balaban J connectivity index is 1.37. The molecule has 3 aromatic rings. The van der Waals surface area contributed by atoms with E-state index in [0.717, 1.165) is 46.2 Å². The highest BCUT2D eigenvalue weighted by Gasteiger charge is 2.33. The molecule has 202 valence electrons. The van der Waals surface area contributed by atoms with E-state index in [4.69, 9.17) is 0 Å². The predicted octanol–water partition coefficient (Wildman–Crippen LogP) is 4.42. The summed E-state index contributed by atoms with van der Waals surface area (Å²) >= 11 is 0. The van der Waals surface area contributed by atoms with Crippen LogP contribution in [0.2, 0.25) is 0 Å². The van der Waals surface area contributed by atoms with Crippen LogP contribution in [0.25, 0.3) is 22.5 Å². The highest BCUT2D eigenvalue weighted by atomic mass is 19.4. The second-order valence-electron chi connectivity index (χ2n) is 9.33. The Morgan fingerprint density at radius 2 is 1.95 bits per heavy atom. The smallest absolute Gasteiger partial charge is 0.369 e. The van der Waals surface area contributed by atoms with Crippen LogP contribution in [0, 0.1) is 6.92 Å². The average molecular weight is 546 g/mol. The van der Waals surface area contributed by atoms with Crippen molar-refractivity contribution in [2.45, 2.75) is 19.6 Å². The Labute approximate surface area is 225 Å². The first-order valence-electron chi connectivity index (χ1n) is 12.3. The largest absolute Gasteiger partial charge is 0.433 e.